The van der Waals surface area contributed by atoms with Gasteiger partial charge in [-0.3, -0.25) is 4.98 Å². The number of nitrogens with zero attached hydrogens (tertiary/aromatic N) is 1. The molecule has 2 N–H and O–H groups in total. The van der Waals surface area contributed by atoms with Gasteiger partial charge in [-0.2, -0.15) is 0 Å². The molecule has 0 amide bonds. The third-order valence-electron chi connectivity index (χ3n) is 4.03. The maximum Gasteiger partial charge on any atom is 0.177 e. The molecule has 1 aromatic carbocycles. The number of aryl methyl sites for hydroxylation is 2. The SMILES string of the molecule is Cc1ccc(-c2c(CN)c(CC(C)C)nc(C)c2S(C)(=O)=O)cc1. The van der Waals surface area contributed by atoms with Gasteiger partial charge in [0.25, 0.3) is 0 Å². The number of hydrogen-bond donors (Lipinski definition) is 1. The van der Waals surface area contributed by atoms with Crippen LogP contribution < -0.4 is 5.73 Å². The molecular weight excluding hydrogens is 320 g/mol. The van der Waals surface area contributed by atoms with Gasteiger partial charge in [0.05, 0.1) is 10.6 Å². The van der Waals surface area contributed by atoms with Gasteiger partial charge in [0.15, 0.2) is 9.84 Å². The van der Waals surface area contributed by atoms with Crippen LogP contribution in [0.25, 0.3) is 11.1 Å². The standard InChI is InChI=1S/C19H26N2O2S/c1-12(2)10-17-16(11-20)18(15-8-6-13(3)7-9-15)19(14(4)21-17)24(5,22)23/h6-9,12H,10-11,20H2,1-5H3. The minimum absolute atomic E-state index is 0.265. The van der Waals surface area contributed by atoms with Gasteiger partial charge in [-0.25, -0.2) is 8.42 Å². The molecule has 0 fully saturated rings. The van der Waals surface area contributed by atoms with Gasteiger partial charge in [0, 0.05) is 24.1 Å². The minimum atomic E-state index is -3.42. The second-order valence-corrected chi connectivity index (χ2v) is 8.72. The summed E-state index contributed by atoms with van der Waals surface area (Å²) in [5, 5.41) is 0. The summed E-state index contributed by atoms with van der Waals surface area (Å²) in [5.41, 5.74) is 11.0. The zero-order valence-corrected chi connectivity index (χ0v) is 15.9. The van der Waals surface area contributed by atoms with Crippen molar-refractivity contribution in [2.24, 2.45) is 11.7 Å². The molecule has 2 aromatic rings. The van der Waals surface area contributed by atoms with Crippen LogP contribution in [0.1, 0.15) is 36.4 Å². The summed E-state index contributed by atoms with van der Waals surface area (Å²) in [5.74, 6) is 0.414. The molecule has 0 saturated carbocycles. The molecule has 0 spiro atoms. The lowest BCUT2D eigenvalue weighted by Crippen LogP contribution is -2.15. The monoisotopic (exact) mass is 346 g/mol. The first kappa shape index (κ1) is 18.6. The summed E-state index contributed by atoms with van der Waals surface area (Å²) in [6.07, 6.45) is 2.01. The van der Waals surface area contributed by atoms with Crippen LogP contribution in [-0.2, 0) is 22.8 Å². The molecule has 1 heterocycles. The fourth-order valence-corrected chi connectivity index (χ4v) is 4.23. The highest BCUT2D eigenvalue weighted by molar-refractivity contribution is 7.90. The third kappa shape index (κ3) is 3.84. The van der Waals surface area contributed by atoms with Crippen LogP contribution in [0, 0.1) is 19.8 Å². The Kier molecular flexibility index (Phi) is 5.45. The van der Waals surface area contributed by atoms with E-state index in [1.54, 1.807) is 6.92 Å². The van der Waals surface area contributed by atoms with Crippen molar-refractivity contribution in [2.45, 2.75) is 45.6 Å². The van der Waals surface area contributed by atoms with Gasteiger partial charge >= 0.3 is 0 Å². The highest BCUT2D eigenvalue weighted by Crippen LogP contribution is 2.35. The Morgan fingerprint density at radius 3 is 2.17 bits per heavy atom. The first-order valence-corrected chi connectivity index (χ1v) is 10.0. The van der Waals surface area contributed by atoms with E-state index >= 15 is 0 Å². The lowest BCUT2D eigenvalue weighted by molar-refractivity contribution is 0.599. The van der Waals surface area contributed by atoms with Crippen LogP contribution in [0.15, 0.2) is 29.2 Å². The number of hydrogen-bond acceptors (Lipinski definition) is 4. The van der Waals surface area contributed by atoms with Gasteiger partial charge in [-0.05, 0) is 37.3 Å². The molecule has 2 rings (SSSR count). The van der Waals surface area contributed by atoms with Crippen molar-refractivity contribution in [1.82, 2.24) is 4.98 Å². The number of sulfone groups is 1. The average Bonchev–Trinajstić information content (AvgIpc) is 2.45. The summed E-state index contributed by atoms with van der Waals surface area (Å²) < 4.78 is 24.9. The third-order valence-corrected chi connectivity index (χ3v) is 5.27. The van der Waals surface area contributed by atoms with Gasteiger partial charge in [0.2, 0.25) is 0 Å². The van der Waals surface area contributed by atoms with Crippen LogP contribution in [-0.4, -0.2) is 19.7 Å². The van der Waals surface area contributed by atoms with E-state index in [2.05, 4.69) is 18.8 Å². The Balaban J connectivity index is 2.89. The molecule has 0 aliphatic heterocycles. The largest absolute Gasteiger partial charge is 0.326 e. The minimum Gasteiger partial charge on any atom is -0.326 e. The van der Waals surface area contributed by atoms with Crippen LogP contribution in [0.5, 0.6) is 0 Å². The number of benzene rings is 1. The van der Waals surface area contributed by atoms with Crippen LogP contribution in [0.4, 0.5) is 0 Å². The van der Waals surface area contributed by atoms with E-state index in [-0.39, 0.29) is 6.54 Å². The lowest BCUT2D eigenvalue weighted by atomic mass is 9.94. The number of pyridine rings is 1. The second-order valence-electron chi connectivity index (χ2n) is 6.77. The Morgan fingerprint density at radius 2 is 1.71 bits per heavy atom. The van der Waals surface area contributed by atoms with E-state index in [0.717, 1.165) is 28.8 Å². The van der Waals surface area contributed by atoms with Gasteiger partial charge in [-0.15, -0.1) is 0 Å². The van der Waals surface area contributed by atoms with Crippen molar-refractivity contribution in [3.05, 3.63) is 46.8 Å². The fourth-order valence-electron chi connectivity index (χ4n) is 3.04. The van der Waals surface area contributed by atoms with E-state index in [0.29, 0.717) is 22.1 Å². The summed E-state index contributed by atoms with van der Waals surface area (Å²) >= 11 is 0. The molecular formula is C19H26N2O2S. The highest BCUT2D eigenvalue weighted by atomic mass is 32.2. The van der Waals surface area contributed by atoms with Gasteiger partial charge < -0.3 is 5.73 Å². The maximum absolute atomic E-state index is 12.4. The van der Waals surface area contributed by atoms with Crippen molar-refractivity contribution < 1.29 is 8.42 Å². The Morgan fingerprint density at radius 1 is 1.12 bits per heavy atom. The normalized spacial score (nSPS) is 12.0. The van der Waals surface area contributed by atoms with E-state index in [1.165, 1.54) is 6.26 Å². The molecule has 5 heteroatoms. The summed E-state index contributed by atoms with van der Waals surface area (Å²) in [4.78, 5) is 4.89. The number of aromatic nitrogens is 1. The predicted octanol–water partition coefficient (Wildman–Crippen LogP) is 3.43. The smallest absolute Gasteiger partial charge is 0.177 e. The molecule has 0 unspecified atom stereocenters. The van der Waals surface area contributed by atoms with Crippen LogP contribution in [0.2, 0.25) is 0 Å². The van der Waals surface area contributed by atoms with Crippen molar-refractivity contribution in [3.8, 4) is 11.1 Å². The Hall–Kier alpha value is -1.72. The van der Waals surface area contributed by atoms with E-state index in [4.69, 9.17) is 5.73 Å². The van der Waals surface area contributed by atoms with E-state index in [1.807, 2.05) is 31.2 Å². The summed E-state index contributed by atoms with van der Waals surface area (Å²) in [6, 6.07) is 7.88. The van der Waals surface area contributed by atoms with Crippen molar-refractivity contribution in [3.63, 3.8) is 0 Å². The number of rotatable bonds is 5. The van der Waals surface area contributed by atoms with Crippen molar-refractivity contribution in [1.29, 1.82) is 0 Å². The van der Waals surface area contributed by atoms with E-state index < -0.39 is 9.84 Å². The average molecular weight is 346 g/mol. The Bertz CT molecular complexity index is 839. The first-order chi connectivity index (χ1) is 11.1. The fraction of sp³-hybridized carbons (Fsp3) is 0.421. The predicted molar refractivity (Wildman–Crippen MR) is 98.7 cm³/mol. The molecule has 4 nitrogen and oxygen atoms in total. The molecule has 0 radical (unpaired) electrons. The highest BCUT2D eigenvalue weighted by Gasteiger charge is 2.24. The maximum atomic E-state index is 12.4. The summed E-state index contributed by atoms with van der Waals surface area (Å²) in [7, 11) is -3.42. The van der Waals surface area contributed by atoms with Crippen LogP contribution >= 0.6 is 0 Å². The second kappa shape index (κ2) is 7.03. The summed E-state index contributed by atoms with van der Waals surface area (Å²) in [6.45, 7) is 8.27. The van der Waals surface area contributed by atoms with Crippen molar-refractivity contribution >= 4 is 9.84 Å². The molecule has 1 aromatic heterocycles. The molecule has 0 saturated heterocycles. The molecule has 24 heavy (non-hydrogen) atoms. The zero-order chi connectivity index (χ0) is 18.1. The molecule has 0 atom stereocenters. The first-order valence-electron chi connectivity index (χ1n) is 8.14. The van der Waals surface area contributed by atoms with Crippen molar-refractivity contribution in [2.75, 3.05) is 6.26 Å². The van der Waals surface area contributed by atoms with E-state index in [9.17, 15) is 8.42 Å². The molecule has 0 bridgehead atoms. The molecule has 0 aliphatic carbocycles. The van der Waals surface area contributed by atoms with Gasteiger partial charge in [-0.1, -0.05) is 43.7 Å². The lowest BCUT2D eigenvalue weighted by Gasteiger charge is -2.20. The zero-order valence-electron chi connectivity index (χ0n) is 15.1. The molecule has 0 aliphatic rings. The quantitative estimate of drug-likeness (QED) is 0.900. The van der Waals surface area contributed by atoms with Crippen LogP contribution in [0.3, 0.4) is 0 Å². The van der Waals surface area contributed by atoms with Gasteiger partial charge in [0.1, 0.15) is 0 Å². The Labute approximate surface area is 145 Å². The number of nitrogens with two attached hydrogens (primary N) is 1. The molecule has 130 valence electrons. The topological polar surface area (TPSA) is 73.0 Å².